The lowest BCUT2D eigenvalue weighted by Crippen LogP contribution is -2.59. The van der Waals surface area contributed by atoms with Crippen molar-refractivity contribution in [3.63, 3.8) is 0 Å². The van der Waals surface area contributed by atoms with E-state index < -0.39 is 5.60 Å². The van der Waals surface area contributed by atoms with E-state index in [1.807, 2.05) is 25.7 Å². The number of nitrogens with zero attached hydrogens (tertiary/aromatic N) is 2. The highest BCUT2D eigenvalue weighted by Gasteiger charge is 2.40. The maximum Gasteiger partial charge on any atom is 0.410 e. The Hall–Kier alpha value is -0.420. The lowest BCUT2D eigenvalue weighted by atomic mass is 9.81. The fraction of sp³-hybridized carbons (Fsp3) is 0.944. The van der Waals surface area contributed by atoms with E-state index in [1.54, 1.807) is 0 Å². The van der Waals surface area contributed by atoms with Gasteiger partial charge in [-0.1, -0.05) is 13.8 Å². The molecular weight excluding hydrogens is 308 g/mol. The molecule has 0 bridgehead atoms. The highest BCUT2D eigenvalue weighted by molar-refractivity contribution is 7.99. The topological polar surface area (TPSA) is 32.8 Å². The van der Waals surface area contributed by atoms with Gasteiger partial charge in [0.1, 0.15) is 5.60 Å². The van der Waals surface area contributed by atoms with Gasteiger partial charge in [-0.05, 0) is 57.5 Å². The maximum absolute atomic E-state index is 12.2. The average molecular weight is 343 g/mol. The highest BCUT2D eigenvalue weighted by Crippen LogP contribution is 2.38. The Morgan fingerprint density at radius 3 is 2.17 bits per heavy atom. The van der Waals surface area contributed by atoms with Crippen LogP contribution in [0, 0.1) is 5.92 Å². The number of amides is 1. The first kappa shape index (κ1) is 18.9. The monoisotopic (exact) mass is 342 g/mol. The van der Waals surface area contributed by atoms with Crippen LogP contribution in [0.25, 0.3) is 0 Å². The summed E-state index contributed by atoms with van der Waals surface area (Å²) in [5, 5.41) is 0. The minimum Gasteiger partial charge on any atom is -0.444 e. The van der Waals surface area contributed by atoms with Crippen molar-refractivity contribution < 1.29 is 9.53 Å². The molecule has 1 amide bonds. The lowest BCUT2D eigenvalue weighted by molar-refractivity contribution is -0.0115. The van der Waals surface area contributed by atoms with Crippen LogP contribution in [0.15, 0.2) is 0 Å². The van der Waals surface area contributed by atoms with Crippen molar-refractivity contribution in [2.24, 2.45) is 5.92 Å². The van der Waals surface area contributed by atoms with Crippen molar-refractivity contribution in [3.05, 3.63) is 0 Å². The largest absolute Gasteiger partial charge is 0.444 e. The number of thioether (sulfide) groups is 1. The smallest absolute Gasteiger partial charge is 0.410 e. The first-order chi connectivity index (χ1) is 10.7. The molecule has 2 aliphatic heterocycles. The summed E-state index contributed by atoms with van der Waals surface area (Å²) in [6.07, 6.45) is 3.71. The number of piperazine rings is 1. The number of carbonyl (C=O) groups excluding carboxylic acids is 1. The van der Waals surface area contributed by atoms with E-state index in [0.717, 1.165) is 32.1 Å². The summed E-state index contributed by atoms with van der Waals surface area (Å²) >= 11 is 2.09. The first-order valence-corrected chi connectivity index (χ1v) is 10.2. The third-order valence-electron chi connectivity index (χ3n) is 4.81. The zero-order valence-corrected chi connectivity index (χ0v) is 16.4. The molecule has 4 nitrogen and oxygen atoms in total. The number of hydrogen-bond donors (Lipinski definition) is 0. The van der Waals surface area contributed by atoms with Gasteiger partial charge in [-0.25, -0.2) is 4.79 Å². The van der Waals surface area contributed by atoms with Crippen LogP contribution in [-0.2, 0) is 4.74 Å². The minimum atomic E-state index is -0.409. The van der Waals surface area contributed by atoms with Gasteiger partial charge in [-0.3, -0.25) is 4.90 Å². The molecule has 0 aromatic carbocycles. The van der Waals surface area contributed by atoms with Crippen LogP contribution in [0.2, 0.25) is 0 Å². The van der Waals surface area contributed by atoms with Gasteiger partial charge < -0.3 is 9.64 Å². The van der Waals surface area contributed by atoms with Gasteiger partial charge in [0.25, 0.3) is 0 Å². The number of rotatable bonds is 3. The molecule has 2 heterocycles. The molecule has 0 aromatic heterocycles. The number of hydrogen-bond acceptors (Lipinski definition) is 4. The maximum atomic E-state index is 12.2. The predicted octanol–water partition coefficient (Wildman–Crippen LogP) is 3.85. The SMILES string of the molecule is CC(C)CC1(N2CCN(C(=O)OC(C)(C)C)CC2)CCSCC1. The average Bonchev–Trinajstić information content (AvgIpc) is 2.46. The van der Waals surface area contributed by atoms with Gasteiger partial charge in [-0.15, -0.1) is 0 Å². The molecule has 0 saturated carbocycles. The van der Waals surface area contributed by atoms with E-state index in [2.05, 4.69) is 30.5 Å². The van der Waals surface area contributed by atoms with Crippen LogP contribution in [0.3, 0.4) is 0 Å². The van der Waals surface area contributed by atoms with Gasteiger partial charge in [0.15, 0.2) is 0 Å². The molecule has 0 unspecified atom stereocenters. The zero-order chi connectivity index (χ0) is 17.1. The second-order valence-electron chi connectivity index (χ2n) is 8.39. The molecular formula is C18H34N2O2S. The molecule has 5 heteroatoms. The second-order valence-corrected chi connectivity index (χ2v) is 9.61. The molecule has 0 spiro atoms. The summed E-state index contributed by atoms with van der Waals surface area (Å²) in [6.45, 7) is 14.0. The van der Waals surface area contributed by atoms with Crippen LogP contribution >= 0.6 is 11.8 Å². The predicted molar refractivity (Wildman–Crippen MR) is 98.1 cm³/mol. The van der Waals surface area contributed by atoms with Crippen LogP contribution < -0.4 is 0 Å². The number of ether oxygens (including phenoxy) is 1. The molecule has 2 aliphatic rings. The molecule has 2 saturated heterocycles. The molecule has 134 valence electrons. The van der Waals surface area contributed by atoms with Crippen molar-refractivity contribution in [2.45, 2.75) is 65.0 Å². The summed E-state index contributed by atoms with van der Waals surface area (Å²) in [6, 6.07) is 0. The van der Waals surface area contributed by atoms with E-state index in [0.29, 0.717) is 5.54 Å². The third kappa shape index (κ3) is 5.28. The summed E-state index contributed by atoms with van der Waals surface area (Å²) in [5.41, 5.74) is -0.0485. The van der Waals surface area contributed by atoms with Crippen molar-refractivity contribution in [3.8, 4) is 0 Å². The molecule has 0 radical (unpaired) electrons. The molecule has 0 N–H and O–H groups in total. The molecule has 2 fully saturated rings. The van der Waals surface area contributed by atoms with E-state index >= 15 is 0 Å². The molecule has 0 aromatic rings. The lowest BCUT2D eigenvalue weighted by Gasteiger charge is -2.50. The Kier molecular flexibility index (Phi) is 6.28. The zero-order valence-electron chi connectivity index (χ0n) is 15.6. The van der Waals surface area contributed by atoms with Gasteiger partial charge in [0.05, 0.1) is 0 Å². The summed E-state index contributed by atoms with van der Waals surface area (Å²) in [5.74, 6) is 3.28. The van der Waals surface area contributed by atoms with Crippen molar-refractivity contribution in [2.75, 3.05) is 37.7 Å². The Morgan fingerprint density at radius 1 is 1.13 bits per heavy atom. The first-order valence-electron chi connectivity index (χ1n) is 9.03. The Labute approximate surface area is 146 Å². The van der Waals surface area contributed by atoms with Crippen LogP contribution in [0.1, 0.15) is 53.9 Å². The molecule has 0 atom stereocenters. The third-order valence-corrected chi connectivity index (χ3v) is 5.80. The molecule has 0 aliphatic carbocycles. The van der Waals surface area contributed by atoms with E-state index in [1.165, 1.54) is 30.8 Å². The molecule has 23 heavy (non-hydrogen) atoms. The molecule has 2 rings (SSSR count). The van der Waals surface area contributed by atoms with Crippen molar-refractivity contribution in [1.82, 2.24) is 9.80 Å². The van der Waals surface area contributed by atoms with E-state index in [9.17, 15) is 4.79 Å². The van der Waals surface area contributed by atoms with Gasteiger partial charge >= 0.3 is 6.09 Å². The Morgan fingerprint density at radius 2 is 1.70 bits per heavy atom. The van der Waals surface area contributed by atoms with Crippen LogP contribution in [0.4, 0.5) is 4.79 Å². The summed E-state index contributed by atoms with van der Waals surface area (Å²) in [4.78, 5) is 16.8. The standard InChI is InChI=1S/C18H34N2O2S/c1-15(2)14-18(6-12-23-13-7-18)20-10-8-19(9-11-20)16(21)22-17(3,4)5/h15H,6-14H2,1-5H3. The van der Waals surface area contributed by atoms with Crippen molar-refractivity contribution >= 4 is 17.9 Å². The summed E-state index contributed by atoms with van der Waals surface area (Å²) < 4.78 is 5.51. The number of carbonyl (C=O) groups is 1. The van der Waals surface area contributed by atoms with Crippen molar-refractivity contribution in [1.29, 1.82) is 0 Å². The fourth-order valence-electron chi connectivity index (χ4n) is 3.85. The van der Waals surface area contributed by atoms with Gasteiger partial charge in [-0.2, -0.15) is 11.8 Å². The summed E-state index contributed by atoms with van der Waals surface area (Å²) in [7, 11) is 0. The van der Waals surface area contributed by atoms with E-state index in [4.69, 9.17) is 4.74 Å². The van der Waals surface area contributed by atoms with E-state index in [-0.39, 0.29) is 6.09 Å². The normalized spacial score (nSPS) is 23.1. The highest BCUT2D eigenvalue weighted by atomic mass is 32.2. The Balaban J connectivity index is 1.94. The van der Waals surface area contributed by atoms with Crippen LogP contribution in [-0.4, -0.2) is 64.7 Å². The van der Waals surface area contributed by atoms with Crippen LogP contribution in [0.5, 0.6) is 0 Å². The second kappa shape index (κ2) is 7.64. The fourth-order valence-corrected chi connectivity index (χ4v) is 5.10. The minimum absolute atomic E-state index is 0.158. The van der Waals surface area contributed by atoms with Gasteiger partial charge in [0, 0.05) is 31.7 Å². The Bertz CT molecular complexity index is 392. The van der Waals surface area contributed by atoms with Gasteiger partial charge in [0.2, 0.25) is 0 Å². The quantitative estimate of drug-likeness (QED) is 0.780.